The second-order valence-electron chi connectivity index (χ2n) is 4.31. The van der Waals surface area contributed by atoms with Gasteiger partial charge in [0, 0.05) is 21.1 Å². The lowest BCUT2D eigenvalue weighted by molar-refractivity contribution is 0.0517. The van der Waals surface area contributed by atoms with Crippen LogP contribution < -0.4 is 10.5 Å². The lowest BCUT2D eigenvalue weighted by atomic mass is 10.3. The van der Waals surface area contributed by atoms with Crippen LogP contribution in [0.1, 0.15) is 17.4 Å². The molecule has 0 N–H and O–H groups in total. The molecule has 0 aliphatic rings. The molecule has 8 nitrogen and oxygen atoms in total. The minimum atomic E-state index is -0.747. The summed E-state index contributed by atoms with van der Waals surface area (Å²) in [7, 11) is 5.11. The summed E-state index contributed by atoms with van der Waals surface area (Å²) in [5, 5.41) is 0. The molecule has 0 bridgehead atoms. The van der Waals surface area contributed by atoms with Crippen LogP contribution in [0.3, 0.4) is 0 Å². The van der Waals surface area contributed by atoms with E-state index in [1.807, 2.05) is 0 Å². The lowest BCUT2D eigenvalue weighted by Gasteiger charge is -2.14. The van der Waals surface area contributed by atoms with E-state index in [2.05, 4.69) is 15.0 Å². The molecule has 0 spiro atoms. The molecule has 20 heavy (non-hydrogen) atoms. The number of carbonyl (C=O) groups excluding carboxylic acids is 1. The topological polar surface area (TPSA) is 90.2 Å². The molecule has 0 atom stereocenters. The first-order valence-electron chi connectivity index (χ1n) is 6.03. The highest BCUT2D eigenvalue weighted by Crippen LogP contribution is 2.17. The molecule has 0 saturated heterocycles. The zero-order valence-corrected chi connectivity index (χ0v) is 11.7. The van der Waals surface area contributed by atoms with Crippen molar-refractivity contribution in [2.24, 2.45) is 7.05 Å². The van der Waals surface area contributed by atoms with Gasteiger partial charge in [-0.25, -0.2) is 19.7 Å². The van der Waals surface area contributed by atoms with Gasteiger partial charge in [0.25, 0.3) is 5.56 Å². The summed E-state index contributed by atoms with van der Waals surface area (Å²) in [6.07, 6.45) is 1.35. The van der Waals surface area contributed by atoms with Gasteiger partial charge >= 0.3 is 5.97 Å². The number of fused-ring (bicyclic) bond motifs is 1. The number of rotatable bonds is 3. The molecule has 0 amide bonds. The molecule has 0 aliphatic heterocycles. The Morgan fingerprint density at radius 3 is 2.70 bits per heavy atom. The smallest absolute Gasteiger partial charge is 0.362 e. The normalized spacial score (nSPS) is 10.6. The number of esters is 1. The Balaban J connectivity index is 2.80. The van der Waals surface area contributed by atoms with E-state index in [-0.39, 0.29) is 12.3 Å². The van der Waals surface area contributed by atoms with Crippen LogP contribution in [0, 0.1) is 0 Å². The second kappa shape index (κ2) is 5.24. The van der Waals surface area contributed by atoms with Gasteiger partial charge in [0.15, 0.2) is 11.5 Å². The fourth-order valence-corrected chi connectivity index (χ4v) is 1.78. The first-order chi connectivity index (χ1) is 9.47. The predicted octanol–water partition coefficient (Wildman–Crippen LogP) is -0.0338. The Hall–Kier alpha value is -2.51. The van der Waals surface area contributed by atoms with Crippen molar-refractivity contribution in [3.05, 3.63) is 22.4 Å². The molecule has 2 rings (SSSR count). The Bertz CT molecular complexity index is 723. The summed E-state index contributed by atoms with van der Waals surface area (Å²) in [6.45, 7) is 1.84. The molecule has 0 fully saturated rings. The number of aryl methyl sites for hydroxylation is 1. The summed E-state index contributed by atoms with van der Waals surface area (Å²) in [6, 6.07) is 0. The predicted molar refractivity (Wildman–Crippen MR) is 72.9 cm³/mol. The fourth-order valence-electron chi connectivity index (χ4n) is 1.78. The Labute approximate surface area is 115 Å². The Morgan fingerprint density at radius 2 is 2.10 bits per heavy atom. The molecule has 106 valence electrons. The third-order valence-corrected chi connectivity index (χ3v) is 2.72. The second-order valence-corrected chi connectivity index (χ2v) is 4.31. The van der Waals surface area contributed by atoms with Crippen molar-refractivity contribution < 1.29 is 9.53 Å². The van der Waals surface area contributed by atoms with Crippen LogP contribution in [-0.4, -0.2) is 46.2 Å². The SMILES string of the molecule is CCOC(=O)c1nc2c(N(C)C)ncnc2n(C)c1=O. The van der Waals surface area contributed by atoms with Crippen molar-refractivity contribution in [1.29, 1.82) is 0 Å². The van der Waals surface area contributed by atoms with Crippen LogP contribution in [0.15, 0.2) is 11.1 Å². The van der Waals surface area contributed by atoms with E-state index in [0.717, 1.165) is 0 Å². The van der Waals surface area contributed by atoms with Gasteiger partial charge < -0.3 is 9.64 Å². The number of carbonyl (C=O) groups is 1. The molecule has 0 saturated carbocycles. The minimum Gasteiger partial charge on any atom is -0.461 e. The molecule has 2 aromatic rings. The van der Waals surface area contributed by atoms with Crippen molar-refractivity contribution in [3.8, 4) is 0 Å². The molecule has 0 aromatic carbocycles. The van der Waals surface area contributed by atoms with E-state index >= 15 is 0 Å². The molecular weight excluding hydrogens is 262 g/mol. The van der Waals surface area contributed by atoms with Crippen molar-refractivity contribution in [1.82, 2.24) is 19.5 Å². The first-order valence-corrected chi connectivity index (χ1v) is 6.03. The van der Waals surface area contributed by atoms with E-state index in [4.69, 9.17) is 4.74 Å². The molecule has 8 heteroatoms. The van der Waals surface area contributed by atoms with Gasteiger partial charge in [0.05, 0.1) is 6.61 Å². The maximum absolute atomic E-state index is 12.1. The quantitative estimate of drug-likeness (QED) is 0.727. The van der Waals surface area contributed by atoms with Gasteiger partial charge in [-0.15, -0.1) is 0 Å². The largest absolute Gasteiger partial charge is 0.461 e. The maximum Gasteiger partial charge on any atom is 0.362 e. The van der Waals surface area contributed by atoms with Gasteiger partial charge in [-0.3, -0.25) is 9.36 Å². The number of anilines is 1. The van der Waals surface area contributed by atoms with E-state index in [0.29, 0.717) is 17.0 Å². The third-order valence-electron chi connectivity index (χ3n) is 2.72. The third kappa shape index (κ3) is 2.20. The number of hydrogen-bond donors (Lipinski definition) is 0. The zero-order valence-electron chi connectivity index (χ0n) is 11.7. The Morgan fingerprint density at radius 1 is 1.40 bits per heavy atom. The van der Waals surface area contributed by atoms with Crippen LogP contribution in [-0.2, 0) is 11.8 Å². The fraction of sp³-hybridized carbons (Fsp3) is 0.417. The number of ether oxygens (including phenoxy) is 1. The van der Waals surface area contributed by atoms with Gasteiger partial charge in [0.2, 0.25) is 5.69 Å². The van der Waals surface area contributed by atoms with Gasteiger partial charge in [0.1, 0.15) is 11.8 Å². The van der Waals surface area contributed by atoms with Crippen molar-refractivity contribution in [3.63, 3.8) is 0 Å². The Kier molecular flexibility index (Phi) is 3.64. The summed E-state index contributed by atoms with van der Waals surface area (Å²) >= 11 is 0. The molecule has 0 aliphatic carbocycles. The first kappa shape index (κ1) is 13.9. The van der Waals surface area contributed by atoms with Gasteiger partial charge in [-0.05, 0) is 6.92 Å². The molecule has 2 heterocycles. The van der Waals surface area contributed by atoms with Crippen LogP contribution in [0.4, 0.5) is 5.82 Å². The zero-order chi connectivity index (χ0) is 14.9. The van der Waals surface area contributed by atoms with Crippen LogP contribution >= 0.6 is 0 Å². The molecule has 2 aromatic heterocycles. The number of aromatic nitrogens is 4. The van der Waals surface area contributed by atoms with Crippen molar-refractivity contribution in [2.75, 3.05) is 25.6 Å². The average molecular weight is 277 g/mol. The van der Waals surface area contributed by atoms with E-state index in [1.54, 1.807) is 25.9 Å². The maximum atomic E-state index is 12.1. The summed E-state index contributed by atoms with van der Waals surface area (Å²) in [5.41, 5.74) is -0.0662. The highest BCUT2D eigenvalue weighted by molar-refractivity contribution is 5.91. The van der Waals surface area contributed by atoms with Crippen molar-refractivity contribution >= 4 is 23.0 Å². The summed E-state index contributed by atoms with van der Waals surface area (Å²) < 4.78 is 6.11. The lowest BCUT2D eigenvalue weighted by Crippen LogP contribution is -2.29. The van der Waals surface area contributed by atoms with Gasteiger partial charge in [-0.1, -0.05) is 0 Å². The highest BCUT2D eigenvalue weighted by atomic mass is 16.5. The van der Waals surface area contributed by atoms with Crippen LogP contribution in [0.25, 0.3) is 11.2 Å². The molecule has 0 radical (unpaired) electrons. The standard InChI is InChI=1S/C12H15N5O3/c1-5-20-12(19)8-11(18)17(4)10-7(15-8)9(16(2)3)13-6-14-10/h6H,5H2,1-4H3. The van der Waals surface area contributed by atoms with E-state index < -0.39 is 11.5 Å². The minimum absolute atomic E-state index is 0.174. The number of nitrogens with zero attached hydrogens (tertiary/aromatic N) is 5. The van der Waals surface area contributed by atoms with E-state index in [1.165, 1.54) is 17.9 Å². The van der Waals surface area contributed by atoms with E-state index in [9.17, 15) is 9.59 Å². The molecular formula is C12H15N5O3. The van der Waals surface area contributed by atoms with Crippen LogP contribution in [0.5, 0.6) is 0 Å². The van der Waals surface area contributed by atoms with Gasteiger partial charge in [-0.2, -0.15) is 0 Å². The molecule has 0 unspecified atom stereocenters. The summed E-state index contributed by atoms with van der Waals surface area (Å²) in [5.74, 6) is -0.222. The summed E-state index contributed by atoms with van der Waals surface area (Å²) in [4.78, 5) is 37.9. The number of hydrogen-bond acceptors (Lipinski definition) is 7. The monoisotopic (exact) mass is 277 g/mol. The average Bonchev–Trinajstić information content (AvgIpc) is 2.42. The van der Waals surface area contributed by atoms with Crippen molar-refractivity contribution in [2.45, 2.75) is 6.92 Å². The highest BCUT2D eigenvalue weighted by Gasteiger charge is 2.20. The van der Waals surface area contributed by atoms with Crippen LogP contribution in [0.2, 0.25) is 0 Å².